The number of aliphatic hydroxyl groups is 1. The molecule has 286 valence electrons. The average Bonchev–Trinajstić information content (AvgIpc) is 3.19. The molecule has 0 aliphatic carbocycles. The molecule has 4 aromatic rings. The standard InChI is InChI=1S/C39H42NO13P/c1-28(41)52-35-34(42)27-48-38(36(35)53-54(45,50-24-31-18-10-4-11-19-31)51-25-32-20-12-5-13-21-32)47-26-33(37(43)46-22-29-14-6-2-7-15-29)40-39(44)49-23-30-16-8-3-9-17-30/h2-21,33-36,38,42H,22-27H2,1H3,(H,40,44)/t33-,34+,35-,36+,38+/m0/s1. The highest BCUT2D eigenvalue weighted by atomic mass is 31.2. The first-order valence-corrected chi connectivity index (χ1v) is 18.5. The maximum atomic E-state index is 14.4. The summed E-state index contributed by atoms with van der Waals surface area (Å²) < 4.78 is 59.8. The molecule has 2 N–H and O–H groups in total. The van der Waals surface area contributed by atoms with E-state index < -0.39 is 69.7 Å². The number of phosphoric ester groups is 1. The van der Waals surface area contributed by atoms with Crippen molar-refractivity contribution in [2.24, 2.45) is 0 Å². The van der Waals surface area contributed by atoms with E-state index in [1.54, 1.807) is 109 Å². The molecule has 54 heavy (non-hydrogen) atoms. The van der Waals surface area contributed by atoms with Gasteiger partial charge in [0.25, 0.3) is 0 Å². The Bertz CT molecular complexity index is 1750. The quantitative estimate of drug-likeness (QED) is 0.0727. The van der Waals surface area contributed by atoms with Crippen LogP contribution < -0.4 is 5.32 Å². The SMILES string of the molecule is CC(=O)O[C@@H]1[C@@H](OP(=O)(OCc2ccccc2)OCc2ccccc2)[C@H](OC[C@H](NC(=O)OCc2ccccc2)C(=O)OCc2ccccc2)OC[C@H]1O. The monoisotopic (exact) mass is 763 g/mol. The summed E-state index contributed by atoms with van der Waals surface area (Å²) in [7, 11) is -4.58. The van der Waals surface area contributed by atoms with Crippen LogP contribution in [0.1, 0.15) is 29.2 Å². The molecule has 1 aliphatic heterocycles. The van der Waals surface area contributed by atoms with E-state index >= 15 is 0 Å². The van der Waals surface area contributed by atoms with Gasteiger partial charge in [0.15, 0.2) is 24.5 Å². The Hall–Kier alpha value is -4.92. The summed E-state index contributed by atoms with van der Waals surface area (Å²) in [5.74, 6) is -1.66. The number of alkyl carbamates (subject to hydrolysis) is 1. The fourth-order valence-electron chi connectivity index (χ4n) is 5.15. The van der Waals surface area contributed by atoms with Gasteiger partial charge in [-0.3, -0.25) is 18.4 Å². The van der Waals surface area contributed by atoms with Gasteiger partial charge >= 0.3 is 25.9 Å². The van der Waals surface area contributed by atoms with E-state index in [1.807, 2.05) is 12.1 Å². The van der Waals surface area contributed by atoms with Gasteiger partial charge in [0.1, 0.15) is 19.3 Å². The first-order valence-electron chi connectivity index (χ1n) is 17.1. The average molecular weight is 764 g/mol. The van der Waals surface area contributed by atoms with Gasteiger partial charge in [-0.25, -0.2) is 14.2 Å². The number of amides is 1. The molecule has 0 aromatic heterocycles. The Labute approximate surface area is 312 Å². The molecular formula is C39H42NO13P. The third-order valence-corrected chi connectivity index (χ3v) is 9.25. The second kappa shape index (κ2) is 20.5. The summed E-state index contributed by atoms with van der Waals surface area (Å²) in [6.45, 7) is -0.446. The van der Waals surface area contributed by atoms with Crippen molar-refractivity contribution < 1.29 is 61.3 Å². The van der Waals surface area contributed by atoms with Crippen molar-refractivity contribution in [2.45, 2.75) is 64.0 Å². The van der Waals surface area contributed by atoms with E-state index in [1.165, 1.54) is 0 Å². The van der Waals surface area contributed by atoms with Crippen LogP contribution in [0.2, 0.25) is 0 Å². The summed E-state index contributed by atoms with van der Waals surface area (Å²) in [4.78, 5) is 38.5. The Balaban J connectivity index is 1.35. The molecule has 1 saturated heterocycles. The lowest BCUT2D eigenvalue weighted by Crippen LogP contribution is -2.57. The third-order valence-electron chi connectivity index (χ3n) is 7.86. The smallest absolute Gasteiger partial charge is 0.459 e. The van der Waals surface area contributed by atoms with E-state index in [4.69, 9.17) is 37.3 Å². The minimum Gasteiger partial charge on any atom is -0.459 e. The molecule has 0 spiro atoms. The Morgan fingerprint density at radius 1 is 0.722 bits per heavy atom. The van der Waals surface area contributed by atoms with Crippen LogP contribution in [0, 0.1) is 0 Å². The Kier molecular flexibility index (Phi) is 15.3. The van der Waals surface area contributed by atoms with Gasteiger partial charge in [-0.05, 0) is 22.3 Å². The zero-order chi connectivity index (χ0) is 38.2. The van der Waals surface area contributed by atoms with Crippen LogP contribution in [-0.4, -0.2) is 67.0 Å². The molecule has 0 unspecified atom stereocenters. The number of carbonyl (C=O) groups is 3. The van der Waals surface area contributed by atoms with Gasteiger partial charge in [0.05, 0.1) is 26.4 Å². The van der Waals surface area contributed by atoms with Crippen LogP contribution in [0.4, 0.5) is 4.79 Å². The van der Waals surface area contributed by atoms with Crippen LogP contribution in [0.15, 0.2) is 121 Å². The normalized spacial score (nSPS) is 18.9. The maximum Gasteiger partial charge on any atom is 0.476 e. The fraction of sp³-hybridized carbons (Fsp3) is 0.308. The van der Waals surface area contributed by atoms with Crippen LogP contribution in [0.3, 0.4) is 0 Å². The van der Waals surface area contributed by atoms with E-state index in [9.17, 15) is 24.1 Å². The summed E-state index contributed by atoms with van der Waals surface area (Å²) in [5.41, 5.74) is 2.71. The van der Waals surface area contributed by atoms with Crippen LogP contribution in [0.5, 0.6) is 0 Å². The third kappa shape index (κ3) is 12.9. The Morgan fingerprint density at radius 2 is 1.19 bits per heavy atom. The van der Waals surface area contributed by atoms with Gasteiger partial charge in [-0.1, -0.05) is 121 Å². The summed E-state index contributed by atoms with van der Waals surface area (Å²) in [5, 5.41) is 13.3. The molecule has 1 fully saturated rings. The zero-order valence-corrected chi connectivity index (χ0v) is 30.4. The summed E-state index contributed by atoms with van der Waals surface area (Å²) in [6, 6.07) is 34.1. The second-order valence-electron chi connectivity index (χ2n) is 12.1. The molecular weight excluding hydrogens is 721 g/mol. The van der Waals surface area contributed by atoms with Crippen molar-refractivity contribution in [3.05, 3.63) is 144 Å². The lowest BCUT2D eigenvalue weighted by atomic mass is 10.1. The fourth-order valence-corrected chi connectivity index (χ4v) is 6.47. The molecule has 4 aromatic carbocycles. The molecule has 15 heteroatoms. The molecule has 1 heterocycles. The number of rotatable bonds is 18. The maximum absolute atomic E-state index is 14.4. The number of hydrogen-bond acceptors (Lipinski definition) is 13. The van der Waals surface area contributed by atoms with Crippen molar-refractivity contribution in [3.63, 3.8) is 0 Å². The molecule has 14 nitrogen and oxygen atoms in total. The van der Waals surface area contributed by atoms with Gasteiger partial charge < -0.3 is 34.1 Å². The van der Waals surface area contributed by atoms with Crippen molar-refractivity contribution in [1.82, 2.24) is 5.32 Å². The summed E-state index contributed by atoms with van der Waals surface area (Å²) >= 11 is 0. The number of benzene rings is 4. The van der Waals surface area contributed by atoms with E-state index in [0.29, 0.717) is 22.3 Å². The van der Waals surface area contributed by atoms with E-state index in [-0.39, 0.29) is 26.4 Å². The topological polar surface area (TPSA) is 174 Å². The molecule has 5 rings (SSSR count). The number of esters is 2. The van der Waals surface area contributed by atoms with Crippen LogP contribution >= 0.6 is 7.82 Å². The van der Waals surface area contributed by atoms with Crippen molar-refractivity contribution in [1.29, 1.82) is 0 Å². The van der Waals surface area contributed by atoms with E-state index in [2.05, 4.69) is 5.32 Å². The number of phosphoric acid groups is 1. The van der Waals surface area contributed by atoms with Crippen LogP contribution in [0.25, 0.3) is 0 Å². The number of nitrogens with one attached hydrogen (secondary N) is 1. The number of carbonyl (C=O) groups excluding carboxylic acids is 3. The van der Waals surface area contributed by atoms with Gasteiger partial charge in [0.2, 0.25) is 0 Å². The highest BCUT2D eigenvalue weighted by molar-refractivity contribution is 7.48. The zero-order valence-electron chi connectivity index (χ0n) is 29.5. The first-order chi connectivity index (χ1) is 26.2. The second-order valence-corrected chi connectivity index (χ2v) is 13.7. The molecule has 0 saturated carbocycles. The summed E-state index contributed by atoms with van der Waals surface area (Å²) in [6.07, 6.45) is -7.04. The predicted molar refractivity (Wildman–Crippen MR) is 192 cm³/mol. The largest absolute Gasteiger partial charge is 0.476 e. The van der Waals surface area contributed by atoms with Gasteiger partial charge in [-0.2, -0.15) is 0 Å². The molecule has 1 amide bonds. The lowest BCUT2D eigenvalue weighted by molar-refractivity contribution is -0.271. The predicted octanol–water partition coefficient (Wildman–Crippen LogP) is 5.62. The lowest BCUT2D eigenvalue weighted by Gasteiger charge is -2.40. The molecule has 0 bridgehead atoms. The van der Waals surface area contributed by atoms with Crippen LogP contribution in [-0.2, 0) is 77.8 Å². The first kappa shape index (κ1) is 40.3. The Morgan fingerprint density at radius 3 is 1.67 bits per heavy atom. The molecule has 1 aliphatic rings. The number of aliphatic hydroxyl groups excluding tert-OH is 1. The number of hydrogen-bond donors (Lipinski definition) is 2. The molecule has 5 atom stereocenters. The molecule has 0 radical (unpaired) electrons. The highest BCUT2D eigenvalue weighted by Crippen LogP contribution is 2.53. The van der Waals surface area contributed by atoms with Gasteiger partial charge in [-0.15, -0.1) is 0 Å². The highest BCUT2D eigenvalue weighted by Gasteiger charge is 2.49. The van der Waals surface area contributed by atoms with E-state index in [0.717, 1.165) is 6.92 Å². The van der Waals surface area contributed by atoms with Crippen molar-refractivity contribution in [2.75, 3.05) is 13.2 Å². The van der Waals surface area contributed by atoms with Gasteiger partial charge in [0, 0.05) is 6.92 Å². The minimum atomic E-state index is -4.58. The number of ether oxygens (including phenoxy) is 5. The van der Waals surface area contributed by atoms with Crippen molar-refractivity contribution >= 4 is 25.9 Å². The minimum absolute atomic E-state index is 0.0792. The van der Waals surface area contributed by atoms with Crippen molar-refractivity contribution in [3.8, 4) is 0 Å².